The highest BCUT2D eigenvalue weighted by molar-refractivity contribution is 5.68. The maximum atomic E-state index is 11.8. The lowest BCUT2D eigenvalue weighted by molar-refractivity contribution is 0.105. The molecule has 3 rings (SSSR count). The molecular formula is C19H25N5O2. The predicted octanol–water partition coefficient (Wildman–Crippen LogP) is 2.68. The Labute approximate surface area is 154 Å². The van der Waals surface area contributed by atoms with E-state index in [2.05, 4.69) is 32.3 Å². The fourth-order valence-electron chi connectivity index (χ4n) is 2.90. The van der Waals surface area contributed by atoms with Crippen LogP contribution in [0.25, 0.3) is 0 Å². The fourth-order valence-corrected chi connectivity index (χ4v) is 2.90. The summed E-state index contributed by atoms with van der Waals surface area (Å²) in [5, 5.41) is 3.29. The van der Waals surface area contributed by atoms with Crippen molar-refractivity contribution in [3.8, 4) is 0 Å². The highest BCUT2D eigenvalue weighted by Gasteiger charge is 2.23. The molecule has 0 unspecified atom stereocenters. The number of benzene rings is 1. The predicted molar refractivity (Wildman–Crippen MR) is 101 cm³/mol. The summed E-state index contributed by atoms with van der Waals surface area (Å²) in [6.07, 6.45) is -0.240. The smallest absolute Gasteiger partial charge is 0.409 e. The largest absolute Gasteiger partial charge is 0.450 e. The Kier molecular flexibility index (Phi) is 5.88. The van der Waals surface area contributed by atoms with Gasteiger partial charge in [-0.25, -0.2) is 9.78 Å². The highest BCUT2D eigenvalue weighted by atomic mass is 16.6. The van der Waals surface area contributed by atoms with Crippen molar-refractivity contribution in [2.24, 2.45) is 0 Å². The van der Waals surface area contributed by atoms with E-state index in [0.717, 1.165) is 24.6 Å². The van der Waals surface area contributed by atoms with Gasteiger partial charge in [0.15, 0.2) is 0 Å². The van der Waals surface area contributed by atoms with Crippen LogP contribution in [0.2, 0.25) is 0 Å². The Morgan fingerprint density at radius 3 is 2.58 bits per heavy atom. The summed E-state index contributed by atoms with van der Waals surface area (Å²) in [6, 6.07) is 12.1. The van der Waals surface area contributed by atoms with Crippen LogP contribution in [0.5, 0.6) is 0 Å². The fraction of sp³-hybridized carbons (Fsp3) is 0.421. The lowest BCUT2D eigenvalue weighted by Gasteiger charge is -2.34. The summed E-state index contributed by atoms with van der Waals surface area (Å²) in [4.78, 5) is 24.9. The number of aromatic nitrogens is 2. The third kappa shape index (κ3) is 4.62. The molecule has 1 amide bonds. The number of piperazine rings is 1. The van der Waals surface area contributed by atoms with Crippen LogP contribution in [0.3, 0.4) is 0 Å². The van der Waals surface area contributed by atoms with Crippen molar-refractivity contribution in [2.75, 3.05) is 43.0 Å². The molecule has 1 fully saturated rings. The monoisotopic (exact) mass is 355 g/mol. The van der Waals surface area contributed by atoms with Crippen molar-refractivity contribution in [3.05, 3.63) is 47.7 Å². The van der Waals surface area contributed by atoms with Gasteiger partial charge in [-0.05, 0) is 19.4 Å². The molecule has 2 aromatic rings. The van der Waals surface area contributed by atoms with Gasteiger partial charge in [0.2, 0.25) is 5.95 Å². The van der Waals surface area contributed by atoms with Crippen molar-refractivity contribution < 1.29 is 9.53 Å². The van der Waals surface area contributed by atoms with Gasteiger partial charge in [-0.15, -0.1) is 0 Å². The number of carbonyl (C=O) groups is 1. The van der Waals surface area contributed by atoms with Gasteiger partial charge in [-0.2, -0.15) is 4.98 Å². The number of amides is 1. The van der Waals surface area contributed by atoms with Gasteiger partial charge >= 0.3 is 6.09 Å². The molecule has 0 radical (unpaired) electrons. The van der Waals surface area contributed by atoms with Crippen molar-refractivity contribution in [3.63, 3.8) is 0 Å². The minimum absolute atomic E-state index is 0.240. The first kappa shape index (κ1) is 18.0. The van der Waals surface area contributed by atoms with E-state index in [1.54, 1.807) is 4.90 Å². The number of aryl methyl sites for hydroxylation is 1. The molecular weight excluding hydrogens is 330 g/mol. The first-order valence-corrected chi connectivity index (χ1v) is 8.96. The quantitative estimate of drug-likeness (QED) is 0.889. The summed E-state index contributed by atoms with van der Waals surface area (Å²) < 4.78 is 5.07. The number of nitrogens with one attached hydrogen (secondary N) is 1. The zero-order valence-electron chi connectivity index (χ0n) is 15.3. The zero-order chi connectivity index (χ0) is 18.4. The molecule has 1 N–H and O–H groups in total. The van der Waals surface area contributed by atoms with Crippen LogP contribution >= 0.6 is 0 Å². The minimum atomic E-state index is -0.240. The molecule has 0 atom stereocenters. The second-order valence-electron chi connectivity index (χ2n) is 6.20. The third-order valence-electron chi connectivity index (χ3n) is 4.26. The van der Waals surface area contributed by atoms with Crippen LogP contribution < -0.4 is 10.2 Å². The minimum Gasteiger partial charge on any atom is -0.450 e. The topological polar surface area (TPSA) is 70.6 Å². The van der Waals surface area contributed by atoms with E-state index in [1.807, 2.05) is 38.1 Å². The summed E-state index contributed by atoms with van der Waals surface area (Å²) in [6.45, 7) is 7.60. The van der Waals surface area contributed by atoms with Gasteiger partial charge in [0.25, 0.3) is 0 Å². The maximum Gasteiger partial charge on any atom is 0.409 e. The van der Waals surface area contributed by atoms with Crippen LogP contribution in [-0.4, -0.2) is 53.7 Å². The average Bonchev–Trinajstić information content (AvgIpc) is 2.67. The SMILES string of the molecule is CCOC(=O)N1CCN(c2cc(C)nc(NCc3ccccc3)n2)CC1. The normalized spacial score (nSPS) is 14.2. The third-order valence-corrected chi connectivity index (χ3v) is 4.26. The van der Waals surface area contributed by atoms with E-state index in [4.69, 9.17) is 4.74 Å². The summed E-state index contributed by atoms with van der Waals surface area (Å²) in [7, 11) is 0. The van der Waals surface area contributed by atoms with Gasteiger partial charge in [0.1, 0.15) is 5.82 Å². The number of ether oxygens (including phenoxy) is 1. The Bertz CT molecular complexity index is 730. The molecule has 2 heterocycles. The highest BCUT2D eigenvalue weighted by Crippen LogP contribution is 2.17. The summed E-state index contributed by atoms with van der Waals surface area (Å²) >= 11 is 0. The molecule has 1 aliphatic heterocycles. The zero-order valence-corrected chi connectivity index (χ0v) is 15.3. The standard InChI is InChI=1S/C19H25N5O2/c1-3-26-19(25)24-11-9-23(10-12-24)17-13-15(2)21-18(22-17)20-14-16-7-5-4-6-8-16/h4-8,13H,3,9-12,14H2,1-2H3,(H,20,21,22). The van der Waals surface area contributed by atoms with E-state index in [1.165, 1.54) is 5.56 Å². The summed E-state index contributed by atoms with van der Waals surface area (Å²) in [5.41, 5.74) is 2.10. The average molecular weight is 355 g/mol. The Morgan fingerprint density at radius 2 is 1.88 bits per heavy atom. The van der Waals surface area contributed by atoms with Gasteiger partial charge in [-0.1, -0.05) is 30.3 Å². The van der Waals surface area contributed by atoms with E-state index in [-0.39, 0.29) is 6.09 Å². The molecule has 0 aliphatic carbocycles. The Balaban J connectivity index is 1.62. The molecule has 7 heteroatoms. The van der Waals surface area contributed by atoms with Crippen molar-refractivity contribution >= 4 is 17.9 Å². The molecule has 1 aromatic heterocycles. The van der Waals surface area contributed by atoms with Crippen molar-refractivity contribution in [1.82, 2.24) is 14.9 Å². The van der Waals surface area contributed by atoms with Gasteiger partial charge in [0.05, 0.1) is 6.61 Å². The van der Waals surface area contributed by atoms with Crippen LogP contribution in [-0.2, 0) is 11.3 Å². The van der Waals surface area contributed by atoms with Gasteiger partial charge < -0.3 is 19.9 Å². The van der Waals surface area contributed by atoms with Crippen molar-refractivity contribution in [1.29, 1.82) is 0 Å². The molecule has 138 valence electrons. The molecule has 1 saturated heterocycles. The second kappa shape index (κ2) is 8.51. The molecule has 7 nitrogen and oxygen atoms in total. The molecule has 1 aromatic carbocycles. The number of anilines is 2. The van der Waals surface area contributed by atoms with Crippen molar-refractivity contribution in [2.45, 2.75) is 20.4 Å². The summed E-state index contributed by atoms with van der Waals surface area (Å²) in [5.74, 6) is 1.51. The van der Waals surface area contributed by atoms with E-state index < -0.39 is 0 Å². The first-order valence-electron chi connectivity index (χ1n) is 8.96. The molecule has 0 bridgehead atoms. The lowest BCUT2D eigenvalue weighted by atomic mass is 10.2. The number of hydrogen-bond acceptors (Lipinski definition) is 6. The molecule has 0 spiro atoms. The second-order valence-corrected chi connectivity index (χ2v) is 6.20. The Morgan fingerprint density at radius 1 is 1.15 bits per heavy atom. The molecule has 1 aliphatic rings. The van der Waals surface area contributed by atoms with Crippen LogP contribution in [0.15, 0.2) is 36.4 Å². The number of rotatable bonds is 5. The van der Waals surface area contributed by atoms with E-state index in [9.17, 15) is 4.79 Å². The number of carbonyl (C=O) groups excluding carboxylic acids is 1. The lowest BCUT2D eigenvalue weighted by Crippen LogP contribution is -2.49. The first-order chi connectivity index (χ1) is 12.7. The maximum absolute atomic E-state index is 11.8. The van der Waals surface area contributed by atoms with Crippen LogP contribution in [0, 0.1) is 6.92 Å². The van der Waals surface area contributed by atoms with Crippen LogP contribution in [0.1, 0.15) is 18.2 Å². The molecule has 0 saturated carbocycles. The number of hydrogen-bond donors (Lipinski definition) is 1. The van der Waals surface area contributed by atoms with Gasteiger partial charge in [-0.3, -0.25) is 0 Å². The number of nitrogens with zero attached hydrogens (tertiary/aromatic N) is 4. The van der Waals surface area contributed by atoms with E-state index in [0.29, 0.717) is 32.2 Å². The Hall–Kier alpha value is -2.83. The van der Waals surface area contributed by atoms with Gasteiger partial charge in [0, 0.05) is 44.5 Å². The van der Waals surface area contributed by atoms with E-state index >= 15 is 0 Å². The van der Waals surface area contributed by atoms with Crippen LogP contribution in [0.4, 0.5) is 16.6 Å². The molecule has 26 heavy (non-hydrogen) atoms.